The van der Waals surface area contributed by atoms with Gasteiger partial charge in [-0.2, -0.15) is 0 Å². The second-order valence-electron chi connectivity index (χ2n) is 4.44. The molecule has 3 nitrogen and oxygen atoms in total. The van der Waals surface area contributed by atoms with Gasteiger partial charge in [0.25, 0.3) is 0 Å². The van der Waals surface area contributed by atoms with Crippen molar-refractivity contribution in [1.29, 1.82) is 0 Å². The highest BCUT2D eigenvalue weighted by atomic mass is 32.1. The van der Waals surface area contributed by atoms with E-state index in [2.05, 4.69) is 23.3 Å². The summed E-state index contributed by atoms with van der Waals surface area (Å²) in [6, 6.07) is 8.06. The molecule has 0 saturated carbocycles. The molecule has 1 amide bonds. The zero-order valence-corrected chi connectivity index (χ0v) is 10.7. The van der Waals surface area contributed by atoms with Crippen LogP contribution in [0.2, 0.25) is 0 Å². The SMILES string of the molecule is O=C(Cc1ccc(S)cc1)NC1CCNCC1. The molecule has 2 N–H and O–H groups in total. The van der Waals surface area contributed by atoms with E-state index in [9.17, 15) is 4.79 Å². The van der Waals surface area contributed by atoms with Gasteiger partial charge in [0.05, 0.1) is 6.42 Å². The third-order valence-electron chi connectivity index (χ3n) is 3.01. The predicted octanol–water partition coefficient (Wildman–Crippen LogP) is 1.39. The largest absolute Gasteiger partial charge is 0.353 e. The molecule has 0 radical (unpaired) electrons. The summed E-state index contributed by atoms with van der Waals surface area (Å²) in [6.07, 6.45) is 2.51. The minimum absolute atomic E-state index is 0.115. The lowest BCUT2D eigenvalue weighted by Gasteiger charge is -2.23. The molecule has 1 saturated heterocycles. The van der Waals surface area contributed by atoms with Crippen LogP contribution in [0.5, 0.6) is 0 Å². The molecule has 4 heteroatoms. The summed E-state index contributed by atoms with van der Waals surface area (Å²) in [6.45, 7) is 2.00. The second-order valence-corrected chi connectivity index (χ2v) is 4.95. The number of thiol groups is 1. The molecule has 1 aliphatic heterocycles. The number of carbonyl (C=O) groups is 1. The van der Waals surface area contributed by atoms with Crippen LogP contribution in [0.4, 0.5) is 0 Å². The van der Waals surface area contributed by atoms with Gasteiger partial charge in [-0.05, 0) is 43.6 Å². The van der Waals surface area contributed by atoms with Crippen molar-refractivity contribution in [2.45, 2.75) is 30.2 Å². The summed E-state index contributed by atoms with van der Waals surface area (Å²) in [7, 11) is 0. The highest BCUT2D eigenvalue weighted by Crippen LogP contribution is 2.09. The molecular formula is C13H18N2OS. The van der Waals surface area contributed by atoms with Gasteiger partial charge in [0.2, 0.25) is 5.91 Å². The molecule has 0 atom stereocenters. The second kappa shape index (κ2) is 6.07. The fourth-order valence-corrected chi connectivity index (χ4v) is 2.19. The van der Waals surface area contributed by atoms with E-state index in [1.54, 1.807) is 0 Å². The van der Waals surface area contributed by atoms with E-state index in [0.717, 1.165) is 36.4 Å². The molecule has 0 aromatic heterocycles. The number of carbonyl (C=O) groups excluding carboxylic acids is 1. The van der Waals surface area contributed by atoms with Gasteiger partial charge in [0.15, 0.2) is 0 Å². The minimum Gasteiger partial charge on any atom is -0.353 e. The lowest BCUT2D eigenvalue weighted by Crippen LogP contribution is -2.43. The number of rotatable bonds is 3. The molecule has 1 aromatic rings. The first-order valence-corrected chi connectivity index (χ1v) is 6.47. The number of piperidine rings is 1. The molecule has 2 rings (SSSR count). The molecule has 17 heavy (non-hydrogen) atoms. The van der Waals surface area contributed by atoms with Crippen molar-refractivity contribution >= 4 is 18.5 Å². The van der Waals surface area contributed by atoms with Crippen LogP contribution in [0.3, 0.4) is 0 Å². The average Bonchev–Trinajstić information content (AvgIpc) is 2.33. The number of amides is 1. The molecule has 0 bridgehead atoms. The Labute approximate surface area is 107 Å². The van der Waals surface area contributed by atoms with Crippen LogP contribution in [-0.2, 0) is 11.2 Å². The molecule has 92 valence electrons. The first-order chi connectivity index (χ1) is 8.24. The maximum Gasteiger partial charge on any atom is 0.224 e. The highest BCUT2D eigenvalue weighted by molar-refractivity contribution is 7.80. The Bertz CT molecular complexity index is 372. The fraction of sp³-hybridized carbons (Fsp3) is 0.462. The third-order valence-corrected chi connectivity index (χ3v) is 3.30. The Morgan fingerprint density at radius 2 is 1.94 bits per heavy atom. The van der Waals surface area contributed by atoms with Crippen LogP contribution in [0, 0.1) is 0 Å². The van der Waals surface area contributed by atoms with Crippen molar-refractivity contribution in [1.82, 2.24) is 10.6 Å². The van der Waals surface area contributed by atoms with Gasteiger partial charge < -0.3 is 10.6 Å². The zero-order chi connectivity index (χ0) is 12.1. The quantitative estimate of drug-likeness (QED) is 0.710. The Hall–Kier alpha value is -1.00. The van der Waals surface area contributed by atoms with Gasteiger partial charge in [-0.15, -0.1) is 12.6 Å². The van der Waals surface area contributed by atoms with E-state index in [-0.39, 0.29) is 5.91 Å². The van der Waals surface area contributed by atoms with Crippen LogP contribution >= 0.6 is 12.6 Å². The zero-order valence-electron chi connectivity index (χ0n) is 9.78. The lowest BCUT2D eigenvalue weighted by molar-refractivity contribution is -0.121. The minimum atomic E-state index is 0.115. The summed E-state index contributed by atoms with van der Waals surface area (Å²) < 4.78 is 0. The summed E-state index contributed by atoms with van der Waals surface area (Å²) in [4.78, 5) is 12.7. The maximum absolute atomic E-state index is 11.8. The van der Waals surface area contributed by atoms with Crippen molar-refractivity contribution in [2.24, 2.45) is 0 Å². The average molecular weight is 250 g/mol. The van der Waals surface area contributed by atoms with E-state index in [0.29, 0.717) is 12.5 Å². The summed E-state index contributed by atoms with van der Waals surface area (Å²) >= 11 is 4.22. The van der Waals surface area contributed by atoms with Gasteiger partial charge in [-0.1, -0.05) is 12.1 Å². The van der Waals surface area contributed by atoms with E-state index in [1.807, 2.05) is 24.3 Å². The number of nitrogens with one attached hydrogen (secondary N) is 2. The van der Waals surface area contributed by atoms with Gasteiger partial charge >= 0.3 is 0 Å². The Morgan fingerprint density at radius 1 is 1.29 bits per heavy atom. The van der Waals surface area contributed by atoms with Crippen LogP contribution in [0.15, 0.2) is 29.2 Å². The Kier molecular flexibility index (Phi) is 4.45. The van der Waals surface area contributed by atoms with Crippen LogP contribution in [0.1, 0.15) is 18.4 Å². The van der Waals surface area contributed by atoms with Crippen molar-refractivity contribution < 1.29 is 4.79 Å². The van der Waals surface area contributed by atoms with Gasteiger partial charge in [-0.25, -0.2) is 0 Å². The number of hydrogen-bond donors (Lipinski definition) is 3. The van der Waals surface area contributed by atoms with Gasteiger partial charge in [-0.3, -0.25) is 4.79 Å². The van der Waals surface area contributed by atoms with Gasteiger partial charge in [0, 0.05) is 10.9 Å². The van der Waals surface area contributed by atoms with Crippen LogP contribution < -0.4 is 10.6 Å². The van der Waals surface area contributed by atoms with Gasteiger partial charge in [0.1, 0.15) is 0 Å². The molecular weight excluding hydrogens is 232 g/mol. The Balaban J connectivity index is 1.82. The molecule has 0 spiro atoms. The van der Waals surface area contributed by atoms with Crippen LogP contribution in [0.25, 0.3) is 0 Å². The molecule has 1 aliphatic rings. The topological polar surface area (TPSA) is 41.1 Å². The predicted molar refractivity (Wildman–Crippen MR) is 71.4 cm³/mol. The normalized spacial score (nSPS) is 16.8. The van der Waals surface area contributed by atoms with Crippen LogP contribution in [-0.4, -0.2) is 25.0 Å². The van der Waals surface area contributed by atoms with E-state index in [1.165, 1.54) is 0 Å². The van der Waals surface area contributed by atoms with Crippen molar-refractivity contribution in [3.8, 4) is 0 Å². The molecule has 0 aliphatic carbocycles. The summed E-state index contributed by atoms with van der Waals surface area (Å²) in [5, 5.41) is 6.37. The highest BCUT2D eigenvalue weighted by Gasteiger charge is 2.15. The van der Waals surface area contributed by atoms with E-state index in [4.69, 9.17) is 0 Å². The molecule has 0 unspecified atom stereocenters. The summed E-state index contributed by atoms with van der Waals surface area (Å²) in [5.74, 6) is 0.115. The molecule has 1 aromatic carbocycles. The number of benzene rings is 1. The van der Waals surface area contributed by atoms with E-state index >= 15 is 0 Å². The monoisotopic (exact) mass is 250 g/mol. The fourth-order valence-electron chi connectivity index (χ4n) is 2.04. The molecule has 1 fully saturated rings. The third kappa shape index (κ3) is 4.06. The summed E-state index contributed by atoms with van der Waals surface area (Å²) in [5.41, 5.74) is 1.04. The Morgan fingerprint density at radius 3 is 2.59 bits per heavy atom. The standard InChI is InChI=1S/C13H18N2OS/c16-13(15-11-5-7-14-8-6-11)9-10-1-3-12(17)4-2-10/h1-4,11,14,17H,5-9H2,(H,15,16). The van der Waals surface area contributed by atoms with E-state index < -0.39 is 0 Å². The maximum atomic E-state index is 11.8. The number of hydrogen-bond acceptors (Lipinski definition) is 3. The van der Waals surface area contributed by atoms with Crippen molar-refractivity contribution in [3.05, 3.63) is 29.8 Å². The first kappa shape index (κ1) is 12.5. The van der Waals surface area contributed by atoms with Crippen molar-refractivity contribution in [3.63, 3.8) is 0 Å². The molecule has 1 heterocycles. The van der Waals surface area contributed by atoms with Crippen molar-refractivity contribution in [2.75, 3.05) is 13.1 Å². The lowest BCUT2D eigenvalue weighted by atomic mass is 10.1. The first-order valence-electron chi connectivity index (χ1n) is 6.02. The smallest absolute Gasteiger partial charge is 0.224 e.